The highest BCUT2D eigenvalue weighted by molar-refractivity contribution is 8.32. The highest BCUT2D eigenvalue weighted by atomic mass is 32.2. The van der Waals surface area contributed by atoms with E-state index < -0.39 is 14.9 Å². The summed E-state index contributed by atoms with van der Waals surface area (Å²) in [5.74, 6) is 0. The zero-order valence-electron chi connectivity index (χ0n) is 18.5. The van der Waals surface area contributed by atoms with Gasteiger partial charge in [-0.05, 0) is 44.7 Å². The molecule has 0 spiro atoms. The zero-order valence-corrected chi connectivity index (χ0v) is 22.8. The average molecular weight is 532 g/mol. The molecule has 1 N–H and O–H groups in total. The SMILES string of the molecule is CCO[Si](CCCNC(=O)OCC1=CSC(=C2Sc3ccccc3S2)S1)(OCC)OCC. The Morgan fingerprint density at radius 3 is 2.16 bits per heavy atom. The number of benzene rings is 1. The van der Waals surface area contributed by atoms with Gasteiger partial charge in [0.15, 0.2) is 0 Å². The maximum atomic E-state index is 12.1. The van der Waals surface area contributed by atoms with Crippen molar-refractivity contribution >= 4 is 61.9 Å². The van der Waals surface area contributed by atoms with Gasteiger partial charge in [-0.15, -0.1) is 0 Å². The van der Waals surface area contributed by atoms with Crippen LogP contribution in [0.25, 0.3) is 0 Å². The van der Waals surface area contributed by atoms with E-state index in [1.165, 1.54) is 18.3 Å². The van der Waals surface area contributed by atoms with E-state index in [0.717, 1.165) is 4.91 Å². The number of amides is 1. The molecule has 1 aromatic carbocycles. The maximum absolute atomic E-state index is 12.1. The van der Waals surface area contributed by atoms with E-state index >= 15 is 0 Å². The third-order valence-electron chi connectivity index (χ3n) is 4.31. The van der Waals surface area contributed by atoms with Gasteiger partial charge in [0, 0.05) is 47.1 Å². The zero-order chi connectivity index (χ0) is 22.8. The highest BCUT2D eigenvalue weighted by Gasteiger charge is 2.39. The highest BCUT2D eigenvalue weighted by Crippen LogP contribution is 2.58. The Hall–Kier alpha value is -0.533. The molecule has 0 aromatic heterocycles. The molecule has 176 valence electrons. The van der Waals surface area contributed by atoms with Crippen molar-refractivity contribution in [3.63, 3.8) is 0 Å². The molecular formula is C21H29NO5S4Si. The van der Waals surface area contributed by atoms with E-state index in [0.29, 0.717) is 38.8 Å². The summed E-state index contributed by atoms with van der Waals surface area (Å²) in [5.41, 5.74) is 0. The number of carbonyl (C=O) groups is 1. The summed E-state index contributed by atoms with van der Waals surface area (Å²) >= 11 is 6.99. The first-order valence-corrected chi connectivity index (χ1v) is 15.9. The molecule has 0 atom stereocenters. The smallest absolute Gasteiger partial charge is 0.444 e. The molecule has 3 rings (SSSR count). The predicted octanol–water partition coefficient (Wildman–Crippen LogP) is 6.50. The normalized spacial score (nSPS) is 15.7. The molecule has 1 amide bonds. The van der Waals surface area contributed by atoms with Crippen LogP contribution in [0.4, 0.5) is 4.79 Å². The average Bonchev–Trinajstić information content (AvgIpc) is 3.43. The molecule has 1 aromatic rings. The van der Waals surface area contributed by atoms with E-state index in [1.54, 1.807) is 47.0 Å². The number of alkyl carbamates (subject to hydrolysis) is 1. The first-order chi connectivity index (χ1) is 15.6. The summed E-state index contributed by atoms with van der Waals surface area (Å²) in [6.07, 6.45) is 0.297. The molecule has 0 bridgehead atoms. The number of hydrogen-bond donors (Lipinski definition) is 1. The molecule has 0 saturated carbocycles. The van der Waals surface area contributed by atoms with Crippen LogP contribution < -0.4 is 5.32 Å². The minimum absolute atomic E-state index is 0.276. The number of carbonyl (C=O) groups excluding carboxylic acids is 1. The first-order valence-electron chi connectivity index (χ1n) is 10.6. The van der Waals surface area contributed by atoms with Crippen LogP contribution in [0.1, 0.15) is 27.2 Å². The van der Waals surface area contributed by atoms with E-state index in [2.05, 4.69) is 35.0 Å². The molecule has 0 unspecified atom stereocenters. The van der Waals surface area contributed by atoms with Gasteiger partial charge in [-0.1, -0.05) is 59.2 Å². The van der Waals surface area contributed by atoms with Crippen molar-refractivity contribution in [2.75, 3.05) is 33.0 Å². The third-order valence-corrected chi connectivity index (χ3v) is 12.9. The number of hydrogen-bond acceptors (Lipinski definition) is 9. The van der Waals surface area contributed by atoms with Gasteiger partial charge < -0.3 is 23.3 Å². The maximum Gasteiger partial charge on any atom is 0.500 e. The molecule has 2 aliphatic heterocycles. The summed E-state index contributed by atoms with van der Waals surface area (Å²) in [7, 11) is -2.67. The van der Waals surface area contributed by atoms with Crippen molar-refractivity contribution in [2.24, 2.45) is 0 Å². The van der Waals surface area contributed by atoms with Crippen LogP contribution >= 0.6 is 47.0 Å². The van der Waals surface area contributed by atoms with Gasteiger partial charge in [0.2, 0.25) is 0 Å². The van der Waals surface area contributed by atoms with Gasteiger partial charge in [0.05, 0.1) is 8.47 Å². The van der Waals surface area contributed by atoms with Crippen LogP contribution in [0.3, 0.4) is 0 Å². The van der Waals surface area contributed by atoms with E-state index in [-0.39, 0.29) is 6.61 Å². The molecule has 11 heteroatoms. The van der Waals surface area contributed by atoms with E-state index in [1.807, 2.05) is 20.8 Å². The lowest BCUT2D eigenvalue weighted by Gasteiger charge is -2.28. The monoisotopic (exact) mass is 531 g/mol. The number of rotatable bonds is 12. The van der Waals surface area contributed by atoms with Crippen LogP contribution in [-0.4, -0.2) is 47.9 Å². The lowest BCUT2D eigenvalue weighted by Crippen LogP contribution is -2.46. The second-order valence-electron chi connectivity index (χ2n) is 6.62. The fraction of sp³-hybridized carbons (Fsp3) is 0.476. The number of fused-ring (bicyclic) bond motifs is 1. The van der Waals surface area contributed by atoms with Gasteiger partial charge in [0.1, 0.15) is 6.61 Å². The number of ether oxygens (including phenoxy) is 1. The van der Waals surface area contributed by atoms with Gasteiger partial charge in [-0.2, -0.15) is 0 Å². The second kappa shape index (κ2) is 13.4. The fourth-order valence-electron chi connectivity index (χ4n) is 3.05. The summed E-state index contributed by atoms with van der Waals surface area (Å²) in [5, 5.41) is 4.88. The molecule has 0 saturated heterocycles. The van der Waals surface area contributed by atoms with Gasteiger partial charge in [-0.3, -0.25) is 0 Å². The minimum Gasteiger partial charge on any atom is -0.444 e. The summed E-state index contributed by atoms with van der Waals surface area (Å²) < 4.78 is 25.5. The van der Waals surface area contributed by atoms with Crippen molar-refractivity contribution in [2.45, 2.75) is 43.0 Å². The molecule has 0 aliphatic carbocycles. The lowest BCUT2D eigenvalue weighted by molar-refractivity contribution is 0.0707. The first kappa shape index (κ1) is 26.1. The van der Waals surface area contributed by atoms with Crippen LogP contribution in [-0.2, 0) is 18.0 Å². The van der Waals surface area contributed by atoms with Crippen molar-refractivity contribution < 1.29 is 22.8 Å². The van der Waals surface area contributed by atoms with Gasteiger partial charge >= 0.3 is 14.9 Å². The Morgan fingerprint density at radius 2 is 1.56 bits per heavy atom. The second-order valence-corrected chi connectivity index (χ2v) is 14.0. The molecule has 2 heterocycles. The van der Waals surface area contributed by atoms with E-state index in [9.17, 15) is 4.79 Å². The fourth-order valence-corrected chi connectivity index (χ4v) is 10.7. The predicted molar refractivity (Wildman–Crippen MR) is 138 cm³/mol. The summed E-state index contributed by atoms with van der Waals surface area (Å²) in [6, 6.07) is 9.09. The van der Waals surface area contributed by atoms with E-state index in [4.69, 9.17) is 18.0 Å². The Balaban J connectivity index is 1.36. The van der Waals surface area contributed by atoms with Crippen molar-refractivity contribution in [3.05, 3.63) is 43.1 Å². The van der Waals surface area contributed by atoms with Crippen LogP contribution in [0, 0.1) is 0 Å². The Kier molecular flexibility index (Phi) is 10.9. The van der Waals surface area contributed by atoms with Crippen molar-refractivity contribution in [1.82, 2.24) is 5.32 Å². The van der Waals surface area contributed by atoms with Crippen molar-refractivity contribution in [3.8, 4) is 0 Å². The number of thioether (sulfide) groups is 4. The van der Waals surface area contributed by atoms with Crippen LogP contribution in [0.5, 0.6) is 0 Å². The Bertz CT molecular complexity index is 807. The molecular weight excluding hydrogens is 503 g/mol. The topological polar surface area (TPSA) is 66.0 Å². The van der Waals surface area contributed by atoms with Gasteiger partial charge in [0.25, 0.3) is 0 Å². The standard InChI is InChI=1S/C21H29NO5S4Si/c1-4-25-32(26-5-2,27-6-3)13-9-12-22-21(23)24-14-16-15-28-19(29-16)20-30-17-10-7-8-11-18(17)31-20/h7-8,10-11,15H,4-6,9,12-14H2,1-3H3,(H,22,23). The third kappa shape index (κ3) is 7.49. The molecule has 2 aliphatic rings. The van der Waals surface area contributed by atoms with Gasteiger partial charge in [-0.25, -0.2) is 4.79 Å². The van der Waals surface area contributed by atoms with Crippen LogP contribution in [0.2, 0.25) is 6.04 Å². The molecule has 32 heavy (non-hydrogen) atoms. The largest absolute Gasteiger partial charge is 0.500 e. The van der Waals surface area contributed by atoms with Crippen LogP contribution in [0.15, 0.2) is 52.8 Å². The Morgan fingerprint density at radius 1 is 0.938 bits per heavy atom. The molecule has 0 fully saturated rings. The Labute approximate surface area is 208 Å². The van der Waals surface area contributed by atoms with Crippen molar-refractivity contribution in [1.29, 1.82) is 0 Å². The quantitative estimate of drug-likeness (QED) is 0.240. The number of nitrogens with one attached hydrogen (secondary N) is 1. The molecule has 0 radical (unpaired) electrons. The summed E-state index contributed by atoms with van der Waals surface area (Å²) in [4.78, 5) is 15.8. The summed E-state index contributed by atoms with van der Waals surface area (Å²) in [6.45, 7) is 8.23. The molecule has 6 nitrogen and oxygen atoms in total. The minimum atomic E-state index is -2.67. The lowest BCUT2D eigenvalue weighted by atomic mass is 10.4.